The van der Waals surface area contributed by atoms with Crippen LogP contribution in [-0.2, 0) is 22.6 Å². The zero-order chi connectivity index (χ0) is 14.4. The molecule has 2 aliphatic heterocycles. The first-order valence-corrected chi connectivity index (χ1v) is 7.96. The number of nitrogens with zero attached hydrogens (tertiary/aromatic N) is 1. The lowest BCUT2D eigenvalue weighted by Gasteiger charge is -2.21. The molecule has 21 heavy (non-hydrogen) atoms. The third-order valence-corrected chi connectivity index (χ3v) is 5.18. The van der Waals surface area contributed by atoms with E-state index in [1.807, 2.05) is 12.1 Å². The Labute approximate surface area is 124 Å². The predicted molar refractivity (Wildman–Crippen MR) is 79.8 cm³/mol. The minimum Gasteiger partial charge on any atom is -0.312 e. The Kier molecular flexibility index (Phi) is 3.07. The highest BCUT2D eigenvalue weighted by molar-refractivity contribution is 6.22. The summed E-state index contributed by atoms with van der Waals surface area (Å²) in [5, 5.41) is 3.34. The van der Waals surface area contributed by atoms with Crippen molar-refractivity contribution in [3.05, 3.63) is 29.3 Å². The predicted octanol–water partition coefficient (Wildman–Crippen LogP) is 2.01. The lowest BCUT2D eigenvalue weighted by molar-refractivity contribution is -0.122. The number of imide groups is 1. The van der Waals surface area contributed by atoms with Crippen molar-refractivity contribution in [1.29, 1.82) is 0 Å². The molecule has 0 bridgehead atoms. The average molecular weight is 284 g/mol. The van der Waals surface area contributed by atoms with Crippen LogP contribution in [0.15, 0.2) is 18.2 Å². The molecule has 1 aliphatic carbocycles. The smallest absolute Gasteiger partial charge is 0.237 e. The number of fused-ring (bicyclic) bond motifs is 2. The van der Waals surface area contributed by atoms with Gasteiger partial charge in [-0.05, 0) is 49.1 Å². The highest BCUT2D eigenvalue weighted by atomic mass is 16.2. The van der Waals surface area contributed by atoms with Gasteiger partial charge in [-0.25, -0.2) is 0 Å². The highest BCUT2D eigenvalue weighted by Crippen LogP contribution is 2.40. The van der Waals surface area contributed by atoms with Crippen LogP contribution >= 0.6 is 0 Å². The van der Waals surface area contributed by atoms with Crippen LogP contribution in [0.5, 0.6) is 0 Å². The molecular weight excluding hydrogens is 264 g/mol. The minimum absolute atomic E-state index is 0.0217. The van der Waals surface area contributed by atoms with Crippen LogP contribution in [0, 0.1) is 11.8 Å². The number of benzene rings is 1. The maximum atomic E-state index is 12.6. The maximum absolute atomic E-state index is 12.6. The van der Waals surface area contributed by atoms with E-state index >= 15 is 0 Å². The monoisotopic (exact) mass is 284 g/mol. The lowest BCUT2D eigenvalue weighted by Crippen LogP contribution is -2.31. The molecule has 4 heteroatoms. The van der Waals surface area contributed by atoms with Crippen LogP contribution in [0.25, 0.3) is 0 Å². The first-order valence-electron chi connectivity index (χ1n) is 7.96. The summed E-state index contributed by atoms with van der Waals surface area (Å²) in [6, 6.07) is 6.04. The maximum Gasteiger partial charge on any atom is 0.237 e. The van der Waals surface area contributed by atoms with Crippen molar-refractivity contribution in [1.82, 2.24) is 5.32 Å². The first-order chi connectivity index (χ1) is 10.3. The van der Waals surface area contributed by atoms with Crippen LogP contribution < -0.4 is 10.2 Å². The Morgan fingerprint density at radius 2 is 1.71 bits per heavy atom. The van der Waals surface area contributed by atoms with Gasteiger partial charge in [0, 0.05) is 6.54 Å². The molecule has 0 spiro atoms. The number of hydrogen-bond donors (Lipinski definition) is 1. The Hall–Kier alpha value is -1.68. The Balaban J connectivity index is 1.69. The van der Waals surface area contributed by atoms with Gasteiger partial charge in [0.05, 0.1) is 17.5 Å². The van der Waals surface area contributed by atoms with E-state index in [-0.39, 0.29) is 23.7 Å². The molecule has 110 valence electrons. The summed E-state index contributed by atoms with van der Waals surface area (Å²) < 4.78 is 0. The molecule has 2 amide bonds. The number of hydrogen-bond acceptors (Lipinski definition) is 3. The van der Waals surface area contributed by atoms with Crippen molar-refractivity contribution in [2.75, 3.05) is 11.4 Å². The Bertz CT molecular complexity index is 587. The molecule has 2 unspecified atom stereocenters. The third kappa shape index (κ3) is 2.01. The fraction of sp³-hybridized carbons (Fsp3) is 0.529. The molecule has 1 saturated heterocycles. The van der Waals surface area contributed by atoms with Crippen molar-refractivity contribution in [3.8, 4) is 0 Å². The number of anilines is 1. The van der Waals surface area contributed by atoms with E-state index < -0.39 is 0 Å². The van der Waals surface area contributed by atoms with Crippen LogP contribution in [0.4, 0.5) is 5.69 Å². The van der Waals surface area contributed by atoms with Crippen molar-refractivity contribution >= 4 is 17.5 Å². The van der Waals surface area contributed by atoms with Crippen molar-refractivity contribution in [3.63, 3.8) is 0 Å². The fourth-order valence-electron chi connectivity index (χ4n) is 4.02. The van der Waals surface area contributed by atoms with Crippen LogP contribution in [0.2, 0.25) is 0 Å². The highest BCUT2D eigenvalue weighted by Gasteiger charge is 2.48. The van der Waals surface area contributed by atoms with Gasteiger partial charge in [0.15, 0.2) is 0 Å². The van der Waals surface area contributed by atoms with E-state index in [2.05, 4.69) is 11.4 Å². The number of nitrogens with one attached hydrogen (secondary N) is 1. The fourth-order valence-corrected chi connectivity index (χ4v) is 4.02. The molecule has 1 saturated carbocycles. The molecular formula is C17H20N2O2. The van der Waals surface area contributed by atoms with Crippen LogP contribution in [-0.4, -0.2) is 18.4 Å². The number of carbonyl (C=O) groups excluding carboxylic acids is 2. The van der Waals surface area contributed by atoms with Gasteiger partial charge < -0.3 is 5.32 Å². The van der Waals surface area contributed by atoms with Crippen molar-refractivity contribution in [2.45, 2.75) is 38.6 Å². The summed E-state index contributed by atoms with van der Waals surface area (Å²) in [6.07, 6.45) is 4.91. The summed E-state index contributed by atoms with van der Waals surface area (Å²) in [5.41, 5.74) is 3.31. The molecule has 2 atom stereocenters. The van der Waals surface area contributed by atoms with E-state index in [9.17, 15) is 9.59 Å². The van der Waals surface area contributed by atoms with Gasteiger partial charge in [0.25, 0.3) is 0 Å². The van der Waals surface area contributed by atoms with Gasteiger partial charge in [-0.2, -0.15) is 0 Å². The SMILES string of the molecule is O=C1C2CCCCC2C(=O)N1c1ccc2c(c1)CNCC2. The van der Waals surface area contributed by atoms with Crippen LogP contribution in [0.3, 0.4) is 0 Å². The largest absolute Gasteiger partial charge is 0.312 e. The second-order valence-electron chi connectivity index (χ2n) is 6.39. The van der Waals surface area contributed by atoms with Gasteiger partial charge in [-0.15, -0.1) is 0 Å². The van der Waals surface area contributed by atoms with E-state index in [1.54, 1.807) is 0 Å². The molecule has 4 rings (SSSR count). The summed E-state index contributed by atoms with van der Waals surface area (Å²) in [7, 11) is 0. The van der Waals surface area contributed by atoms with Crippen molar-refractivity contribution in [2.24, 2.45) is 11.8 Å². The summed E-state index contributed by atoms with van der Waals surface area (Å²) in [6.45, 7) is 1.82. The molecule has 0 radical (unpaired) electrons. The molecule has 1 aromatic rings. The molecule has 1 N–H and O–H groups in total. The summed E-state index contributed by atoms with van der Waals surface area (Å²) in [5.74, 6) is -0.0948. The summed E-state index contributed by atoms with van der Waals surface area (Å²) >= 11 is 0. The molecule has 0 aromatic heterocycles. The zero-order valence-electron chi connectivity index (χ0n) is 12.1. The minimum atomic E-state index is -0.0691. The Morgan fingerprint density at radius 3 is 2.43 bits per heavy atom. The second kappa shape index (κ2) is 4.95. The topological polar surface area (TPSA) is 49.4 Å². The molecule has 4 nitrogen and oxygen atoms in total. The molecule has 1 aromatic carbocycles. The standard InChI is InChI=1S/C17H20N2O2/c20-16-14-3-1-2-4-15(14)17(21)19(16)13-6-5-11-7-8-18-10-12(11)9-13/h5-6,9,14-15,18H,1-4,7-8,10H2. The van der Waals surface area contributed by atoms with Gasteiger partial charge in [-0.3, -0.25) is 14.5 Å². The van der Waals surface area contributed by atoms with Gasteiger partial charge in [0.1, 0.15) is 0 Å². The molecule has 3 aliphatic rings. The first kappa shape index (κ1) is 13.0. The van der Waals surface area contributed by atoms with Gasteiger partial charge in [-0.1, -0.05) is 18.9 Å². The lowest BCUT2D eigenvalue weighted by atomic mass is 9.81. The Morgan fingerprint density at radius 1 is 1.00 bits per heavy atom. The van der Waals surface area contributed by atoms with E-state index in [4.69, 9.17) is 0 Å². The van der Waals surface area contributed by atoms with Crippen molar-refractivity contribution < 1.29 is 9.59 Å². The third-order valence-electron chi connectivity index (χ3n) is 5.18. The number of amides is 2. The second-order valence-corrected chi connectivity index (χ2v) is 6.39. The van der Waals surface area contributed by atoms with Crippen LogP contribution in [0.1, 0.15) is 36.8 Å². The summed E-state index contributed by atoms with van der Waals surface area (Å²) in [4.78, 5) is 26.7. The van der Waals surface area contributed by atoms with E-state index in [0.717, 1.165) is 50.9 Å². The van der Waals surface area contributed by atoms with Gasteiger partial charge >= 0.3 is 0 Å². The molecule has 2 heterocycles. The van der Waals surface area contributed by atoms with Gasteiger partial charge in [0.2, 0.25) is 11.8 Å². The van der Waals surface area contributed by atoms with E-state index in [1.165, 1.54) is 16.0 Å². The zero-order valence-corrected chi connectivity index (χ0v) is 12.1. The number of carbonyl (C=O) groups is 2. The van der Waals surface area contributed by atoms with E-state index in [0.29, 0.717) is 0 Å². The molecule has 2 fully saturated rings. The quantitative estimate of drug-likeness (QED) is 0.803. The number of rotatable bonds is 1. The normalized spacial score (nSPS) is 28.5. The average Bonchev–Trinajstić information content (AvgIpc) is 2.79.